The van der Waals surface area contributed by atoms with E-state index in [4.69, 9.17) is 9.73 Å². The van der Waals surface area contributed by atoms with Crippen molar-refractivity contribution in [3.8, 4) is 5.75 Å². The Labute approximate surface area is 185 Å². The highest BCUT2D eigenvalue weighted by molar-refractivity contribution is 14.0. The molecule has 2 fully saturated rings. The zero-order valence-electron chi connectivity index (χ0n) is 16.7. The summed E-state index contributed by atoms with van der Waals surface area (Å²) in [6.45, 7) is 3.43. The van der Waals surface area contributed by atoms with Gasteiger partial charge < -0.3 is 15.4 Å². The third kappa shape index (κ3) is 5.52. The van der Waals surface area contributed by atoms with E-state index in [1.54, 1.807) is 7.11 Å². The molecular weight excluding hydrogens is 489 g/mol. The third-order valence-electron chi connectivity index (χ3n) is 5.70. The van der Waals surface area contributed by atoms with Crippen molar-refractivity contribution in [2.24, 2.45) is 4.99 Å². The van der Waals surface area contributed by atoms with Gasteiger partial charge in [-0.15, -0.1) is 24.0 Å². The summed E-state index contributed by atoms with van der Waals surface area (Å²) in [6, 6.07) is 8.18. The fourth-order valence-electron chi connectivity index (χ4n) is 4.30. The Kier molecular flexibility index (Phi) is 8.42. The molecule has 1 saturated heterocycles. The van der Waals surface area contributed by atoms with Crippen molar-refractivity contribution in [3.63, 3.8) is 0 Å². The molecule has 28 heavy (non-hydrogen) atoms. The quantitative estimate of drug-likeness (QED) is 0.342. The van der Waals surface area contributed by atoms with Gasteiger partial charge in [-0.05, 0) is 32.3 Å². The summed E-state index contributed by atoms with van der Waals surface area (Å²) in [5, 5.41) is 6.59. The standard InChI is InChI=1S/C20H31N3O3S.HI/c1-3-21-19(23-16-10-13-27(24,25)14-16)22-15-20(11-6-7-12-20)17-8-4-5-9-18(17)26-2;/h4-5,8-9,16H,3,6-7,10-15H2,1-2H3,(H2,21,22,23);1H. The molecule has 1 atom stereocenters. The summed E-state index contributed by atoms with van der Waals surface area (Å²) in [5.74, 6) is 2.08. The summed E-state index contributed by atoms with van der Waals surface area (Å²) >= 11 is 0. The first-order valence-corrected chi connectivity index (χ1v) is 11.7. The number of para-hydroxylation sites is 1. The predicted octanol–water partition coefficient (Wildman–Crippen LogP) is 2.87. The number of guanidine groups is 1. The van der Waals surface area contributed by atoms with Gasteiger partial charge in [-0.1, -0.05) is 31.0 Å². The number of hydrogen-bond acceptors (Lipinski definition) is 4. The predicted molar refractivity (Wildman–Crippen MR) is 125 cm³/mol. The Balaban J connectivity index is 0.00000280. The average molecular weight is 521 g/mol. The molecule has 2 N–H and O–H groups in total. The lowest BCUT2D eigenvalue weighted by Crippen LogP contribution is -2.44. The molecule has 1 heterocycles. The van der Waals surface area contributed by atoms with Crippen molar-refractivity contribution in [2.75, 3.05) is 31.7 Å². The second-order valence-corrected chi connectivity index (χ2v) is 9.86. The molecule has 1 unspecified atom stereocenters. The van der Waals surface area contributed by atoms with Crippen LogP contribution in [0, 0.1) is 0 Å². The van der Waals surface area contributed by atoms with Gasteiger partial charge in [0.25, 0.3) is 0 Å². The van der Waals surface area contributed by atoms with Crippen molar-refractivity contribution in [1.82, 2.24) is 10.6 Å². The fraction of sp³-hybridized carbons (Fsp3) is 0.650. The first-order valence-electron chi connectivity index (χ1n) is 9.87. The highest BCUT2D eigenvalue weighted by Gasteiger charge is 2.38. The van der Waals surface area contributed by atoms with Gasteiger partial charge >= 0.3 is 0 Å². The van der Waals surface area contributed by atoms with Gasteiger partial charge in [0, 0.05) is 23.6 Å². The number of nitrogens with zero attached hydrogens (tertiary/aromatic N) is 1. The zero-order valence-corrected chi connectivity index (χ0v) is 19.9. The van der Waals surface area contributed by atoms with Crippen LogP contribution in [-0.4, -0.2) is 52.1 Å². The van der Waals surface area contributed by atoms with Crippen LogP contribution in [0.25, 0.3) is 0 Å². The maximum atomic E-state index is 11.7. The Morgan fingerprint density at radius 2 is 2.00 bits per heavy atom. The van der Waals surface area contributed by atoms with E-state index in [0.29, 0.717) is 18.9 Å². The van der Waals surface area contributed by atoms with Crippen LogP contribution >= 0.6 is 24.0 Å². The van der Waals surface area contributed by atoms with E-state index >= 15 is 0 Å². The smallest absolute Gasteiger partial charge is 0.191 e. The molecule has 1 saturated carbocycles. The van der Waals surface area contributed by atoms with E-state index in [-0.39, 0.29) is 46.9 Å². The highest BCUT2D eigenvalue weighted by Crippen LogP contribution is 2.44. The van der Waals surface area contributed by atoms with Crippen LogP contribution < -0.4 is 15.4 Å². The molecule has 0 bridgehead atoms. The van der Waals surface area contributed by atoms with Gasteiger partial charge in [0.2, 0.25) is 0 Å². The van der Waals surface area contributed by atoms with Gasteiger partial charge in [0.15, 0.2) is 15.8 Å². The van der Waals surface area contributed by atoms with Gasteiger partial charge in [-0.3, -0.25) is 4.99 Å². The lowest BCUT2D eigenvalue weighted by atomic mass is 9.78. The molecule has 1 aromatic rings. The summed E-state index contributed by atoms with van der Waals surface area (Å²) < 4.78 is 29.1. The number of rotatable bonds is 6. The topological polar surface area (TPSA) is 79.8 Å². The maximum Gasteiger partial charge on any atom is 0.191 e. The van der Waals surface area contributed by atoms with Gasteiger partial charge in [0.05, 0.1) is 25.2 Å². The highest BCUT2D eigenvalue weighted by atomic mass is 127. The summed E-state index contributed by atoms with van der Waals surface area (Å²) in [5.41, 5.74) is 1.21. The average Bonchev–Trinajstić information content (AvgIpc) is 3.27. The minimum atomic E-state index is -2.91. The molecule has 3 rings (SSSR count). The van der Waals surface area contributed by atoms with Crippen LogP contribution in [0.4, 0.5) is 0 Å². The number of aliphatic imine (C=N–C) groups is 1. The Morgan fingerprint density at radius 3 is 2.61 bits per heavy atom. The number of hydrogen-bond donors (Lipinski definition) is 2. The fourth-order valence-corrected chi connectivity index (χ4v) is 5.97. The van der Waals surface area contributed by atoms with Crippen molar-refractivity contribution in [2.45, 2.75) is 50.5 Å². The van der Waals surface area contributed by atoms with Crippen LogP contribution in [-0.2, 0) is 15.3 Å². The van der Waals surface area contributed by atoms with Crippen LogP contribution in [0.15, 0.2) is 29.3 Å². The number of benzene rings is 1. The normalized spacial score (nSPS) is 23.1. The number of ether oxygens (including phenoxy) is 1. The minimum Gasteiger partial charge on any atom is -0.496 e. The molecule has 8 heteroatoms. The molecule has 0 radical (unpaired) electrons. The van der Waals surface area contributed by atoms with Crippen LogP contribution in [0.5, 0.6) is 5.75 Å². The van der Waals surface area contributed by atoms with Gasteiger partial charge in [-0.25, -0.2) is 8.42 Å². The van der Waals surface area contributed by atoms with Crippen molar-refractivity contribution in [1.29, 1.82) is 0 Å². The third-order valence-corrected chi connectivity index (χ3v) is 7.46. The van der Waals surface area contributed by atoms with E-state index in [9.17, 15) is 8.42 Å². The van der Waals surface area contributed by atoms with Crippen LogP contribution in [0.3, 0.4) is 0 Å². The Bertz CT molecular complexity index is 777. The van der Waals surface area contributed by atoms with E-state index in [1.807, 2.05) is 19.1 Å². The molecular formula is C20H32IN3O3S. The molecule has 1 aliphatic carbocycles. The number of halogens is 1. The number of nitrogens with one attached hydrogen (secondary N) is 2. The van der Waals surface area contributed by atoms with E-state index in [0.717, 1.165) is 25.1 Å². The SMILES string of the molecule is CCNC(=NCC1(c2ccccc2OC)CCCC1)NC1CCS(=O)(=O)C1.I. The summed E-state index contributed by atoms with van der Waals surface area (Å²) in [4.78, 5) is 4.87. The molecule has 0 spiro atoms. The van der Waals surface area contributed by atoms with Crippen LogP contribution in [0.2, 0.25) is 0 Å². The first-order chi connectivity index (χ1) is 13.0. The second-order valence-electron chi connectivity index (χ2n) is 7.63. The summed E-state index contributed by atoms with van der Waals surface area (Å²) in [7, 11) is -1.19. The van der Waals surface area contributed by atoms with Crippen molar-refractivity contribution in [3.05, 3.63) is 29.8 Å². The Hall–Kier alpha value is -1.03. The molecule has 2 aliphatic rings. The molecule has 1 aliphatic heterocycles. The molecule has 6 nitrogen and oxygen atoms in total. The van der Waals surface area contributed by atoms with Gasteiger partial charge in [0.1, 0.15) is 5.75 Å². The van der Waals surface area contributed by atoms with Crippen LogP contribution in [0.1, 0.15) is 44.6 Å². The molecule has 1 aromatic carbocycles. The number of sulfone groups is 1. The lowest BCUT2D eigenvalue weighted by molar-refractivity contribution is 0.377. The summed E-state index contributed by atoms with van der Waals surface area (Å²) in [6.07, 6.45) is 5.21. The second kappa shape index (κ2) is 10.1. The molecule has 158 valence electrons. The van der Waals surface area contributed by atoms with E-state index < -0.39 is 9.84 Å². The molecule has 0 amide bonds. The number of methoxy groups -OCH3 is 1. The Morgan fingerprint density at radius 1 is 1.29 bits per heavy atom. The first kappa shape index (κ1) is 23.3. The molecule has 0 aromatic heterocycles. The monoisotopic (exact) mass is 521 g/mol. The van der Waals surface area contributed by atoms with Gasteiger partial charge in [-0.2, -0.15) is 0 Å². The minimum absolute atomic E-state index is 0. The lowest BCUT2D eigenvalue weighted by Gasteiger charge is -2.30. The largest absolute Gasteiger partial charge is 0.496 e. The van der Waals surface area contributed by atoms with Crippen molar-refractivity contribution < 1.29 is 13.2 Å². The maximum absolute atomic E-state index is 11.7. The van der Waals surface area contributed by atoms with E-state index in [1.165, 1.54) is 18.4 Å². The van der Waals surface area contributed by atoms with Crippen molar-refractivity contribution >= 4 is 39.8 Å². The zero-order chi connectivity index (χ0) is 19.3. The van der Waals surface area contributed by atoms with E-state index in [2.05, 4.69) is 22.8 Å².